The Morgan fingerprint density at radius 3 is 2.68 bits per heavy atom. The second-order valence-corrected chi connectivity index (χ2v) is 5.72. The second kappa shape index (κ2) is 6.77. The lowest BCUT2D eigenvalue weighted by Crippen LogP contribution is -2.32. The first kappa shape index (κ1) is 16.3. The quantitative estimate of drug-likeness (QED) is 0.684. The molecule has 0 unspecified atom stereocenters. The molecule has 0 aromatic carbocycles. The number of esters is 1. The Bertz CT molecular complexity index is 604. The highest BCUT2D eigenvalue weighted by Crippen LogP contribution is 2.21. The minimum atomic E-state index is -0.822. The highest BCUT2D eigenvalue weighted by atomic mass is 16.5. The standard InChI is InChI=1S/C16H23N3O3/c1-10-14(11(2)19(4)18-10)17-15(20)12(3)22-16(21)13-8-6-5-7-9-13/h5-6,12-13H,7-9H2,1-4H3,(H,17,20)/t12-,13-/m0/s1. The van der Waals surface area contributed by atoms with Crippen molar-refractivity contribution in [3.63, 3.8) is 0 Å². The Morgan fingerprint density at radius 2 is 2.14 bits per heavy atom. The molecule has 6 heteroatoms. The summed E-state index contributed by atoms with van der Waals surface area (Å²) in [6, 6.07) is 0. The third-order valence-electron chi connectivity index (χ3n) is 4.02. The van der Waals surface area contributed by atoms with Gasteiger partial charge in [0, 0.05) is 7.05 Å². The zero-order valence-electron chi connectivity index (χ0n) is 13.5. The molecule has 0 saturated carbocycles. The van der Waals surface area contributed by atoms with E-state index >= 15 is 0 Å². The number of nitrogens with one attached hydrogen (secondary N) is 1. The number of hydrogen-bond donors (Lipinski definition) is 1. The molecule has 0 aliphatic heterocycles. The first-order chi connectivity index (χ1) is 10.4. The average molecular weight is 305 g/mol. The fourth-order valence-corrected chi connectivity index (χ4v) is 2.51. The first-order valence-corrected chi connectivity index (χ1v) is 7.56. The number of aromatic nitrogens is 2. The predicted molar refractivity (Wildman–Crippen MR) is 83.3 cm³/mol. The summed E-state index contributed by atoms with van der Waals surface area (Å²) < 4.78 is 7.00. The van der Waals surface area contributed by atoms with Crippen LogP contribution >= 0.6 is 0 Å². The average Bonchev–Trinajstić information content (AvgIpc) is 2.74. The van der Waals surface area contributed by atoms with Crippen molar-refractivity contribution in [3.05, 3.63) is 23.5 Å². The molecule has 0 bridgehead atoms. The van der Waals surface area contributed by atoms with E-state index in [0.717, 1.165) is 24.2 Å². The summed E-state index contributed by atoms with van der Waals surface area (Å²) in [4.78, 5) is 24.3. The molecule has 2 rings (SSSR count). The lowest BCUT2D eigenvalue weighted by atomic mass is 9.95. The van der Waals surface area contributed by atoms with Gasteiger partial charge < -0.3 is 10.1 Å². The van der Waals surface area contributed by atoms with Crippen LogP contribution < -0.4 is 5.32 Å². The number of carbonyl (C=O) groups is 2. The molecule has 1 aromatic heterocycles. The molecule has 0 fully saturated rings. The molecule has 6 nitrogen and oxygen atoms in total. The summed E-state index contributed by atoms with van der Waals surface area (Å²) in [7, 11) is 1.82. The zero-order chi connectivity index (χ0) is 16.3. The summed E-state index contributed by atoms with van der Waals surface area (Å²) in [6.07, 6.45) is 5.58. The SMILES string of the molecule is Cc1nn(C)c(C)c1NC(=O)[C@H](C)OC(=O)[C@H]1CC=CCC1. The van der Waals surface area contributed by atoms with Crippen molar-refractivity contribution in [1.82, 2.24) is 9.78 Å². The van der Waals surface area contributed by atoms with E-state index in [2.05, 4.69) is 16.5 Å². The largest absolute Gasteiger partial charge is 0.452 e. The van der Waals surface area contributed by atoms with Crippen molar-refractivity contribution < 1.29 is 14.3 Å². The van der Waals surface area contributed by atoms with E-state index < -0.39 is 6.10 Å². The van der Waals surface area contributed by atoms with Crippen LogP contribution in [0.5, 0.6) is 0 Å². The number of carbonyl (C=O) groups excluding carboxylic acids is 2. The molecular formula is C16H23N3O3. The number of amides is 1. The topological polar surface area (TPSA) is 73.2 Å². The molecule has 0 saturated heterocycles. The molecule has 2 atom stereocenters. The Morgan fingerprint density at radius 1 is 1.41 bits per heavy atom. The van der Waals surface area contributed by atoms with Gasteiger partial charge in [0.15, 0.2) is 6.10 Å². The van der Waals surface area contributed by atoms with Crippen molar-refractivity contribution in [3.8, 4) is 0 Å². The molecule has 1 aliphatic carbocycles. The Hall–Kier alpha value is -2.11. The van der Waals surface area contributed by atoms with Crippen LogP contribution in [0.25, 0.3) is 0 Å². The number of anilines is 1. The van der Waals surface area contributed by atoms with Gasteiger partial charge in [0.05, 0.1) is 23.0 Å². The summed E-state index contributed by atoms with van der Waals surface area (Å²) in [6.45, 7) is 5.29. The highest BCUT2D eigenvalue weighted by Gasteiger charge is 2.25. The maximum absolute atomic E-state index is 12.2. The molecule has 120 valence electrons. The molecule has 22 heavy (non-hydrogen) atoms. The van der Waals surface area contributed by atoms with E-state index in [1.54, 1.807) is 11.6 Å². The fraction of sp³-hybridized carbons (Fsp3) is 0.562. The van der Waals surface area contributed by atoms with Gasteiger partial charge in [-0.25, -0.2) is 0 Å². The van der Waals surface area contributed by atoms with Crippen LogP contribution in [-0.4, -0.2) is 27.8 Å². The minimum absolute atomic E-state index is 0.137. The summed E-state index contributed by atoms with van der Waals surface area (Å²) in [5.41, 5.74) is 2.28. The normalized spacial score (nSPS) is 18.8. The number of ether oxygens (including phenoxy) is 1. The van der Waals surface area contributed by atoms with Crippen molar-refractivity contribution >= 4 is 17.6 Å². The molecule has 1 amide bonds. The fourth-order valence-electron chi connectivity index (χ4n) is 2.51. The summed E-state index contributed by atoms with van der Waals surface area (Å²) >= 11 is 0. The van der Waals surface area contributed by atoms with Gasteiger partial charge >= 0.3 is 5.97 Å². The van der Waals surface area contributed by atoms with Crippen molar-refractivity contribution in [1.29, 1.82) is 0 Å². The molecule has 1 aliphatic rings. The number of nitrogens with zero attached hydrogens (tertiary/aromatic N) is 2. The molecular weight excluding hydrogens is 282 g/mol. The van der Waals surface area contributed by atoms with Crippen LogP contribution in [0.4, 0.5) is 5.69 Å². The Kier molecular flexibility index (Phi) is 5.00. The van der Waals surface area contributed by atoms with Crippen molar-refractivity contribution in [2.45, 2.75) is 46.1 Å². The van der Waals surface area contributed by atoms with Crippen LogP contribution in [0, 0.1) is 19.8 Å². The van der Waals surface area contributed by atoms with E-state index in [-0.39, 0.29) is 17.8 Å². The van der Waals surface area contributed by atoms with Gasteiger partial charge in [0.1, 0.15) is 0 Å². The van der Waals surface area contributed by atoms with Gasteiger partial charge in [0.2, 0.25) is 0 Å². The lowest BCUT2D eigenvalue weighted by Gasteiger charge is -2.19. The lowest BCUT2D eigenvalue weighted by molar-refractivity contribution is -0.157. The molecule has 0 spiro atoms. The zero-order valence-corrected chi connectivity index (χ0v) is 13.5. The third kappa shape index (κ3) is 3.55. The minimum Gasteiger partial charge on any atom is -0.452 e. The van der Waals surface area contributed by atoms with E-state index in [0.29, 0.717) is 12.1 Å². The van der Waals surface area contributed by atoms with Gasteiger partial charge in [-0.15, -0.1) is 0 Å². The van der Waals surface area contributed by atoms with E-state index in [9.17, 15) is 9.59 Å². The number of rotatable bonds is 4. The number of allylic oxidation sites excluding steroid dienone is 2. The summed E-state index contributed by atoms with van der Waals surface area (Å²) in [5, 5.41) is 7.04. The van der Waals surface area contributed by atoms with E-state index in [1.165, 1.54) is 0 Å². The monoisotopic (exact) mass is 305 g/mol. The highest BCUT2D eigenvalue weighted by molar-refractivity contribution is 5.96. The molecule has 1 N–H and O–H groups in total. The smallest absolute Gasteiger partial charge is 0.310 e. The van der Waals surface area contributed by atoms with E-state index in [1.807, 2.05) is 27.0 Å². The molecule has 1 heterocycles. The van der Waals surface area contributed by atoms with Crippen LogP contribution in [0.3, 0.4) is 0 Å². The van der Waals surface area contributed by atoms with Crippen LogP contribution in [0.15, 0.2) is 12.2 Å². The first-order valence-electron chi connectivity index (χ1n) is 7.56. The molecule has 1 aromatic rings. The third-order valence-corrected chi connectivity index (χ3v) is 4.02. The maximum atomic E-state index is 12.2. The van der Waals surface area contributed by atoms with Gasteiger partial charge in [-0.2, -0.15) is 5.10 Å². The number of aryl methyl sites for hydroxylation is 2. The number of hydrogen-bond acceptors (Lipinski definition) is 4. The van der Waals surface area contributed by atoms with Gasteiger partial charge in [-0.3, -0.25) is 14.3 Å². The molecule has 0 radical (unpaired) electrons. The van der Waals surface area contributed by atoms with Crippen LogP contribution in [0.1, 0.15) is 37.6 Å². The summed E-state index contributed by atoms with van der Waals surface area (Å²) in [5.74, 6) is -0.771. The van der Waals surface area contributed by atoms with Gasteiger partial charge in [-0.05, 0) is 40.0 Å². The maximum Gasteiger partial charge on any atom is 0.310 e. The Labute approximate surface area is 130 Å². The second-order valence-electron chi connectivity index (χ2n) is 5.72. The van der Waals surface area contributed by atoms with Gasteiger partial charge in [-0.1, -0.05) is 12.2 Å². The van der Waals surface area contributed by atoms with Crippen LogP contribution in [0.2, 0.25) is 0 Å². The van der Waals surface area contributed by atoms with Gasteiger partial charge in [0.25, 0.3) is 5.91 Å². The Balaban J connectivity index is 1.94. The van der Waals surface area contributed by atoms with E-state index in [4.69, 9.17) is 4.74 Å². The van der Waals surface area contributed by atoms with Crippen LogP contribution in [-0.2, 0) is 21.4 Å². The predicted octanol–water partition coefficient (Wildman–Crippen LogP) is 2.26. The van der Waals surface area contributed by atoms with Crippen molar-refractivity contribution in [2.24, 2.45) is 13.0 Å². The van der Waals surface area contributed by atoms with Crippen molar-refractivity contribution in [2.75, 3.05) is 5.32 Å².